The van der Waals surface area contributed by atoms with Gasteiger partial charge in [0, 0.05) is 32.5 Å². The SMILES string of the molecule is CN(Cc1ccccc1)c1ccc(N2C(=O)CCC2=O)cc1[N+](=O)[O-]. The smallest absolute Gasteiger partial charge is 0.294 e. The average molecular weight is 339 g/mol. The number of imide groups is 1. The molecule has 1 aliphatic rings. The average Bonchev–Trinajstić information content (AvgIpc) is 2.93. The summed E-state index contributed by atoms with van der Waals surface area (Å²) in [5.74, 6) is -0.658. The molecule has 0 aliphatic carbocycles. The molecule has 0 spiro atoms. The van der Waals surface area contributed by atoms with E-state index >= 15 is 0 Å². The van der Waals surface area contributed by atoms with E-state index in [9.17, 15) is 19.7 Å². The molecule has 25 heavy (non-hydrogen) atoms. The zero-order chi connectivity index (χ0) is 18.0. The van der Waals surface area contributed by atoms with Crippen LogP contribution in [0, 0.1) is 10.1 Å². The van der Waals surface area contributed by atoms with Gasteiger partial charge in [0.1, 0.15) is 5.69 Å². The van der Waals surface area contributed by atoms with Crippen LogP contribution in [0.5, 0.6) is 0 Å². The highest BCUT2D eigenvalue weighted by Gasteiger charge is 2.32. The number of carbonyl (C=O) groups excluding carboxylic acids is 2. The summed E-state index contributed by atoms with van der Waals surface area (Å²) in [7, 11) is 1.77. The fourth-order valence-corrected chi connectivity index (χ4v) is 2.93. The molecule has 1 aliphatic heterocycles. The van der Waals surface area contributed by atoms with Gasteiger partial charge in [0.15, 0.2) is 0 Å². The number of nitro benzene ring substituents is 1. The second kappa shape index (κ2) is 6.72. The van der Waals surface area contributed by atoms with Crippen LogP contribution in [0.3, 0.4) is 0 Å². The molecule has 2 aromatic rings. The van der Waals surface area contributed by atoms with Crippen LogP contribution in [0.4, 0.5) is 17.1 Å². The summed E-state index contributed by atoms with van der Waals surface area (Å²) < 4.78 is 0. The number of nitrogens with zero attached hydrogens (tertiary/aromatic N) is 3. The van der Waals surface area contributed by atoms with Crippen LogP contribution in [-0.2, 0) is 16.1 Å². The third kappa shape index (κ3) is 3.35. The molecule has 7 nitrogen and oxygen atoms in total. The van der Waals surface area contributed by atoms with Gasteiger partial charge in [-0.2, -0.15) is 0 Å². The van der Waals surface area contributed by atoms with E-state index in [-0.39, 0.29) is 36.0 Å². The predicted molar refractivity (Wildman–Crippen MR) is 93.4 cm³/mol. The van der Waals surface area contributed by atoms with Crippen molar-refractivity contribution in [3.8, 4) is 0 Å². The van der Waals surface area contributed by atoms with Crippen molar-refractivity contribution in [2.45, 2.75) is 19.4 Å². The van der Waals surface area contributed by atoms with E-state index in [0.717, 1.165) is 10.5 Å². The van der Waals surface area contributed by atoms with Crippen molar-refractivity contribution in [2.24, 2.45) is 0 Å². The first kappa shape index (κ1) is 16.6. The lowest BCUT2D eigenvalue weighted by molar-refractivity contribution is -0.384. The molecule has 0 atom stereocenters. The fraction of sp³-hybridized carbons (Fsp3) is 0.222. The first-order valence-electron chi connectivity index (χ1n) is 7.86. The lowest BCUT2D eigenvalue weighted by Crippen LogP contribution is -2.28. The number of rotatable bonds is 5. The van der Waals surface area contributed by atoms with Gasteiger partial charge in [0.25, 0.3) is 5.69 Å². The van der Waals surface area contributed by atoms with Crippen molar-refractivity contribution < 1.29 is 14.5 Å². The zero-order valence-corrected chi connectivity index (χ0v) is 13.7. The largest absolute Gasteiger partial charge is 0.365 e. The van der Waals surface area contributed by atoms with Crippen molar-refractivity contribution in [2.75, 3.05) is 16.8 Å². The summed E-state index contributed by atoms with van der Waals surface area (Å²) in [6, 6.07) is 14.1. The Morgan fingerprint density at radius 3 is 2.32 bits per heavy atom. The quantitative estimate of drug-likeness (QED) is 0.475. The normalized spacial score (nSPS) is 14.0. The predicted octanol–water partition coefficient (Wildman–Crippen LogP) is 2.88. The number of anilines is 2. The van der Waals surface area contributed by atoms with Gasteiger partial charge in [-0.25, -0.2) is 0 Å². The number of nitro groups is 1. The molecule has 3 rings (SSSR count). The van der Waals surface area contributed by atoms with Crippen LogP contribution in [-0.4, -0.2) is 23.8 Å². The van der Waals surface area contributed by atoms with Gasteiger partial charge in [-0.1, -0.05) is 30.3 Å². The molecule has 0 N–H and O–H groups in total. The van der Waals surface area contributed by atoms with Gasteiger partial charge < -0.3 is 4.90 Å². The highest BCUT2D eigenvalue weighted by Crippen LogP contribution is 2.34. The second-order valence-electron chi connectivity index (χ2n) is 5.89. The number of hydrogen-bond donors (Lipinski definition) is 0. The topological polar surface area (TPSA) is 83.8 Å². The number of carbonyl (C=O) groups is 2. The van der Waals surface area contributed by atoms with Gasteiger partial charge >= 0.3 is 0 Å². The minimum Gasteiger partial charge on any atom is -0.365 e. The van der Waals surface area contributed by atoms with E-state index in [1.165, 1.54) is 6.07 Å². The second-order valence-corrected chi connectivity index (χ2v) is 5.89. The lowest BCUT2D eigenvalue weighted by atomic mass is 10.1. The first-order valence-corrected chi connectivity index (χ1v) is 7.86. The Kier molecular flexibility index (Phi) is 4.47. The van der Waals surface area contributed by atoms with E-state index in [1.807, 2.05) is 30.3 Å². The molecular formula is C18H17N3O4. The van der Waals surface area contributed by atoms with Crippen LogP contribution >= 0.6 is 0 Å². The Bertz CT molecular complexity index is 819. The molecule has 0 radical (unpaired) electrons. The Balaban J connectivity index is 1.93. The van der Waals surface area contributed by atoms with Gasteiger partial charge in [0.2, 0.25) is 11.8 Å². The fourth-order valence-electron chi connectivity index (χ4n) is 2.93. The maximum Gasteiger partial charge on any atom is 0.294 e. The molecule has 0 aromatic heterocycles. The molecule has 0 bridgehead atoms. The summed E-state index contributed by atoms with van der Waals surface area (Å²) in [5.41, 5.74) is 1.56. The van der Waals surface area contributed by atoms with Crippen LogP contribution in [0.15, 0.2) is 48.5 Å². The Morgan fingerprint density at radius 2 is 1.72 bits per heavy atom. The molecule has 2 aromatic carbocycles. The van der Waals surface area contributed by atoms with Crippen LogP contribution in [0.1, 0.15) is 18.4 Å². The summed E-state index contributed by atoms with van der Waals surface area (Å²) in [4.78, 5) is 37.5. The van der Waals surface area contributed by atoms with E-state index in [1.54, 1.807) is 24.1 Å². The van der Waals surface area contributed by atoms with Gasteiger partial charge in [-0.15, -0.1) is 0 Å². The Hall–Kier alpha value is -3.22. The number of benzene rings is 2. The van der Waals surface area contributed by atoms with E-state index < -0.39 is 4.92 Å². The van der Waals surface area contributed by atoms with Gasteiger partial charge in [-0.3, -0.25) is 24.6 Å². The van der Waals surface area contributed by atoms with Crippen molar-refractivity contribution in [3.63, 3.8) is 0 Å². The first-order chi connectivity index (χ1) is 12.0. The number of hydrogen-bond acceptors (Lipinski definition) is 5. The molecule has 128 valence electrons. The van der Waals surface area contributed by atoms with Crippen molar-refractivity contribution in [1.82, 2.24) is 0 Å². The molecule has 2 amide bonds. The minimum absolute atomic E-state index is 0.136. The maximum absolute atomic E-state index is 11.9. The maximum atomic E-state index is 11.9. The Morgan fingerprint density at radius 1 is 1.08 bits per heavy atom. The molecule has 1 heterocycles. The highest BCUT2D eigenvalue weighted by atomic mass is 16.6. The summed E-state index contributed by atoms with van der Waals surface area (Å²) >= 11 is 0. The molecule has 1 saturated heterocycles. The van der Waals surface area contributed by atoms with Gasteiger partial charge in [-0.05, 0) is 17.7 Å². The summed E-state index contributed by atoms with van der Waals surface area (Å²) in [6.45, 7) is 0.503. The molecular weight excluding hydrogens is 322 g/mol. The number of amides is 2. The van der Waals surface area contributed by atoms with Crippen molar-refractivity contribution >= 4 is 28.9 Å². The van der Waals surface area contributed by atoms with Crippen molar-refractivity contribution in [3.05, 3.63) is 64.2 Å². The van der Waals surface area contributed by atoms with Crippen LogP contribution in [0.2, 0.25) is 0 Å². The van der Waals surface area contributed by atoms with E-state index in [2.05, 4.69) is 0 Å². The summed E-state index contributed by atoms with van der Waals surface area (Å²) in [5, 5.41) is 11.5. The monoisotopic (exact) mass is 339 g/mol. The zero-order valence-electron chi connectivity index (χ0n) is 13.7. The lowest BCUT2D eigenvalue weighted by Gasteiger charge is -2.21. The van der Waals surface area contributed by atoms with E-state index in [0.29, 0.717) is 12.2 Å². The van der Waals surface area contributed by atoms with Crippen LogP contribution < -0.4 is 9.80 Å². The molecule has 0 saturated carbocycles. The molecule has 7 heteroatoms. The van der Waals surface area contributed by atoms with E-state index in [4.69, 9.17) is 0 Å². The highest BCUT2D eigenvalue weighted by molar-refractivity contribution is 6.20. The third-order valence-electron chi connectivity index (χ3n) is 4.14. The van der Waals surface area contributed by atoms with Gasteiger partial charge in [0.05, 0.1) is 10.6 Å². The Labute approximate surface area is 144 Å². The summed E-state index contributed by atoms with van der Waals surface area (Å²) in [6.07, 6.45) is 0.282. The third-order valence-corrected chi connectivity index (χ3v) is 4.14. The molecule has 0 unspecified atom stereocenters. The minimum atomic E-state index is -0.495. The van der Waals surface area contributed by atoms with Crippen molar-refractivity contribution in [1.29, 1.82) is 0 Å². The molecule has 1 fully saturated rings. The van der Waals surface area contributed by atoms with Crippen LogP contribution in [0.25, 0.3) is 0 Å². The standard InChI is InChI=1S/C18H17N3O4/c1-19(12-13-5-3-2-4-6-13)15-8-7-14(11-16(15)21(24)25)20-17(22)9-10-18(20)23/h2-8,11H,9-10,12H2,1H3.